The number of rotatable bonds is 6. The molecule has 0 aliphatic carbocycles. The van der Waals surface area contributed by atoms with Crippen molar-refractivity contribution in [3.63, 3.8) is 0 Å². The third-order valence-corrected chi connectivity index (χ3v) is 3.06. The topological polar surface area (TPSA) is 104 Å². The van der Waals surface area contributed by atoms with Crippen LogP contribution in [0.4, 0.5) is 0 Å². The highest BCUT2D eigenvalue weighted by atomic mass is 16.4. The second kappa shape index (κ2) is 7.44. The molecule has 0 aliphatic heterocycles. The van der Waals surface area contributed by atoms with Gasteiger partial charge in [-0.1, -0.05) is 11.2 Å². The first-order chi connectivity index (χ1) is 9.51. The smallest absolute Gasteiger partial charge is 0.239 e. The zero-order valence-electron chi connectivity index (χ0n) is 12.0. The minimum absolute atomic E-state index is 0.0155. The molecule has 0 aliphatic rings. The van der Waals surface area contributed by atoms with E-state index in [4.69, 9.17) is 10.9 Å². The van der Waals surface area contributed by atoms with E-state index in [1.54, 1.807) is 31.1 Å². The van der Waals surface area contributed by atoms with Gasteiger partial charge in [0.05, 0.1) is 6.04 Å². The van der Waals surface area contributed by atoms with Crippen LogP contribution in [0.25, 0.3) is 0 Å². The third kappa shape index (κ3) is 3.92. The van der Waals surface area contributed by atoms with E-state index < -0.39 is 0 Å². The van der Waals surface area contributed by atoms with Gasteiger partial charge >= 0.3 is 0 Å². The van der Waals surface area contributed by atoms with E-state index in [1.165, 1.54) is 0 Å². The standard InChI is InChI=1S/C13H21N5O2/c1-4-18(3)13(19)9(2)16-8-10-6-5-7-15-11(10)12(14)17-20/h5-7,9,16,20H,4,8H2,1-3H3,(H2,14,17). The Labute approximate surface area is 118 Å². The van der Waals surface area contributed by atoms with Crippen molar-refractivity contribution >= 4 is 11.7 Å². The van der Waals surface area contributed by atoms with Crippen LogP contribution in [0.1, 0.15) is 25.1 Å². The molecule has 4 N–H and O–H groups in total. The first-order valence-corrected chi connectivity index (χ1v) is 6.41. The highest BCUT2D eigenvalue weighted by molar-refractivity contribution is 5.96. The van der Waals surface area contributed by atoms with E-state index in [0.717, 1.165) is 5.56 Å². The van der Waals surface area contributed by atoms with Crippen molar-refractivity contribution in [2.24, 2.45) is 10.9 Å². The Morgan fingerprint density at radius 1 is 1.65 bits per heavy atom. The lowest BCUT2D eigenvalue weighted by atomic mass is 10.1. The number of nitrogens with one attached hydrogen (secondary N) is 1. The molecule has 7 heteroatoms. The summed E-state index contributed by atoms with van der Waals surface area (Å²) < 4.78 is 0. The lowest BCUT2D eigenvalue weighted by molar-refractivity contribution is -0.131. The molecule has 1 atom stereocenters. The summed E-state index contributed by atoms with van der Waals surface area (Å²) in [7, 11) is 1.76. The van der Waals surface area contributed by atoms with Crippen LogP contribution >= 0.6 is 0 Å². The second-order valence-electron chi connectivity index (χ2n) is 4.45. The number of oxime groups is 1. The van der Waals surface area contributed by atoms with Crippen LogP contribution in [-0.2, 0) is 11.3 Å². The van der Waals surface area contributed by atoms with E-state index >= 15 is 0 Å². The first kappa shape index (κ1) is 15.9. The number of carbonyl (C=O) groups excluding carboxylic acids is 1. The van der Waals surface area contributed by atoms with Crippen LogP contribution in [0, 0.1) is 0 Å². The Morgan fingerprint density at radius 3 is 2.95 bits per heavy atom. The molecule has 20 heavy (non-hydrogen) atoms. The van der Waals surface area contributed by atoms with Gasteiger partial charge in [0.1, 0.15) is 5.69 Å². The molecule has 0 saturated heterocycles. The number of hydrogen-bond donors (Lipinski definition) is 3. The minimum atomic E-state index is -0.319. The van der Waals surface area contributed by atoms with Crippen LogP contribution in [0.5, 0.6) is 0 Å². The van der Waals surface area contributed by atoms with Crippen molar-refractivity contribution in [3.05, 3.63) is 29.6 Å². The number of carbonyl (C=O) groups is 1. The maximum absolute atomic E-state index is 11.9. The Morgan fingerprint density at radius 2 is 2.35 bits per heavy atom. The number of aromatic nitrogens is 1. The van der Waals surface area contributed by atoms with E-state index in [-0.39, 0.29) is 17.8 Å². The van der Waals surface area contributed by atoms with E-state index in [2.05, 4.69) is 15.5 Å². The van der Waals surface area contributed by atoms with Gasteiger partial charge in [0, 0.05) is 26.3 Å². The average molecular weight is 279 g/mol. The van der Waals surface area contributed by atoms with Gasteiger partial charge in [-0.3, -0.25) is 9.78 Å². The predicted octanol–water partition coefficient (Wildman–Crippen LogP) is 0.133. The third-order valence-electron chi connectivity index (χ3n) is 3.06. The molecule has 0 bridgehead atoms. The average Bonchev–Trinajstić information content (AvgIpc) is 2.50. The van der Waals surface area contributed by atoms with E-state index in [1.807, 2.05) is 13.0 Å². The quantitative estimate of drug-likeness (QED) is 0.297. The van der Waals surface area contributed by atoms with Crippen LogP contribution in [0.2, 0.25) is 0 Å². The summed E-state index contributed by atoms with van der Waals surface area (Å²) in [5.41, 5.74) is 6.74. The molecule has 7 nitrogen and oxygen atoms in total. The number of nitrogens with two attached hydrogens (primary N) is 1. The minimum Gasteiger partial charge on any atom is -0.409 e. The molecule has 1 heterocycles. The number of pyridine rings is 1. The van der Waals surface area contributed by atoms with Crippen molar-refractivity contribution in [3.8, 4) is 0 Å². The van der Waals surface area contributed by atoms with Crippen LogP contribution in [-0.4, -0.2) is 46.5 Å². The Hall–Kier alpha value is -2.15. The summed E-state index contributed by atoms with van der Waals surface area (Å²) in [6, 6.07) is 3.25. The molecule has 0 radical (unpaired) electrons. The van der Waals surface area contributed by atoms with Crippen molar-refractivity contribution in [1.29, 1.82) is 0 Å². The van der Waals surface area contributed by atoms with Crippen molar-refractivity contribution in [2.45, 2.75) is 26.4 Å². The number of nitrogens with zero attached hydrogens (tertiary/aromatic N) is 3. The monoisotopic (exact) mass is 279 g/mol. The van der Waals surface area contributed by atoms with Crippen molar-refractivity contribution in [1.82, 2.24) is 15.2 Å². The molecular weight excluding hydrogens is 258 g/mol. The fourth-order valence-corrected chi connectivity index (χ4v) is 1.70. The Balaban J connectivity index is 2.73. The molecular formula is C13H21N5O2. The molecule has 1 aromatic heterocycles. The second-order valence-corrected chi connectivity index (χ2v) is 4.45. The van der Waals surface area contributed by atoms with Crippen molar-refractivity contribution in [2.75, 3.05) is 13.6 Å². The van der Waals surface area contributed by atoms with Crippen molar-refractivity contribution < 1.29 is 10.0 Å². The zero-order chi connectivity index (χ0) is 15.1. The number of amides is 1. The molecule has 1 rings (SSSR count). The molecule has 1 amide bonds. The predicted molar refractivity (Wildman–Crippen MR) is 76.4 cm³/mol. The summed E-state index contributed by atoms with van der Waals surface area (Å²) in [6.07, 6.45) is 1.57. The molecule has 0 spiro atoms. The van der Waals surface area contributed by atoms with Crippen LogP contribution in [0.15, 0.2) is 23.5 Å². The maximum Gasteiger partial charge on any atom is 0.239 e. The first-order valence-electron chi connectivity index (χ1n) is 6.41. The fraction of sp³-hybridized carbons (Fsp3) is 0.462. The molecule has 110 valence electrons. The summed E-state index contributed by atoms with van der Waals surface area (Å²) >= 11 is 0. The van der Waals surface area contributed by atoms with Crippen LogP contribution in [0.3, 0.4) is 0 Å². The van der Waals surface area contributed by atoms with E-state index in [0.29, 0.717) is 18.8 Å². The van der Waals surface area contributed by atoms with Crippen LogP contribution < -0.4 is 11.1 Å². The highest BCUT2D eigenvalue weighted by Crippen LogP contribution is 2.05. The summed E-state index contributed by atoms with van der Waals surface area (Å²) in [5, 5.41) is 14.8. The van der Waals surface area contributed by atoms with Gasteiger partial charge in [-0.05, 0) is 25.5 Å². The van der Waals surface area contributed by atoms with E-state index in [9.17, 15) is 4.79 Å². The number of likely N-dealkylation sites (N-methyl/N-ethyl adjacent to an activating group) is 1. The molecule has 1 aromatic rings. The highest BCUT2D eigenvalue weighted by Gasteiger charge is 2.16. The largest absolute Gasteiger partial charge is 0.409 e. The SMILES string of the molecule is CCN(C)C(=O)C(C)NCc1cccnc1/C(N)=N/O. The number of amidine groups is 1. The van der Waals surface area contributed by atoms with Gasteiger partial charge < -0.3 is 21.2 Å². The summed E-state index contributed by atoms with van der Waals surface area (Å²) in [5.74, 6) is -0.0335. The Kier molecular flexibility index (Phi) is 5.92. The summed E-state index contributed by atoms with van der Waals surface area (Å²) in [6.45, 7) is 4.78. The van der Waals surface area contributed by atoms with Gasteiger partial charge in [-0.2, -0.15) is 0 Å². The molecule has 0 aromatic carbocycles. The molecule has 1 unspecified atom stereocenters. The fourth-order valence-electron chi connectivity index (χ4n) is 1.70. The zero-order valence-corrected chi connectivity index (χ0v) is 12.0. The normalized spacial score (nSPS) is 13.1. The maximum atomic E-state index is 11.9. The van der Waals surface area contributed by atoms with Gasteiger partial charge in [0.25, 0.3) is 0 Å². The molecule has 0 saturated carbocycles. The summed E-state index contributed by atoms with van der Waals surface area (Å²) in [4.78, 5) is 17.6. The van der Waals surface area contributed by atoms with Gasteiger partial charge in [0.2, 0.25) is 5.91 Å². The number of hydrogen-bond acceptors (Lipinski definition) is 5. The Bertz CT molecular complexity index is 489. The lowest BCUT2D eigenvalue weighted by Gasteiger charge is -2.21. The molecule has 0 fully saturated rings. The lowest BCUT2D eigenvalue weighted by Crippen LogP contribution is -2.42. The van der Waals surface area contributed by atoms with Gasteiger partial charge in [-0.15, -0.1) is 0 Å². The van der Waals surface area contributed by atoms with Gasteiger partial charge in [0.15, 0.2) is 5.84 Å². The van der Waals surface area contributed by atoms with Gasteiger partial charge in [-0.25, -0.2) is 0 Å².